The predicted octanol–water partition coefficient (Wildman–Crippen LogP) is 2.69. The number of nitrogens with one attached hydrogen (secondary N) is 2. The molecular formula is C26H27N3O5S. The van der Waals surface area contributed by atoms with Gasteiger partial charge in [-0.25, -0.2) is 13.2 Å². The quantitative estimate of drug-likeness (QED) is 0.373. The molecule has 1 atom stereocenters. The third-order valence-electron chi connectivity index (χ3n) is 5.80. The molecule has 0 aliphatic carbocycles. The number of rotatable bonds is 9. The van der Waals surface area contributed by atoms with Crippen LogP contribution in [0.2, 0.25) is 0 Å². The molecular weight excluding hydrogens is 466 g/mol. The molecule has 9 heteroatoms. The Balaban J connectivity index is 1.52. The highest BCUT2D eigenvalue weighted by atomic mass is 32.2. The lowest BCUT2D eigenvalue weighted by Gasteiger charge is -2.19. The number of aryl methyl sites for hydroxylation is 2. The van der Waals surface area contributed by atoms with Crippen molar-refractivity contribution in [2.24, 2.45) is 7.05 Å². The van der Waals surface area contributed by atoms with Gasteiger partial charge in [-0.1, -0.05) is 60.2 Å². The van der Waals surface area contributed by atoms with E-state index in [1.165, 1.54) is 29.8 Å². The predicted molar refractivity (Wildman–Crippen MR) is 134 cm³/mol. The molecule has 2 N–H and O–H groups in total. The highest BCUT2D eigenvalue weighted by Gasteiger charge is 2.26. The smallest absolute Gasteiger partial charge is 0.408 e. The van der Waals surface area contributed by atoms with E-state index in [0.29, 0.717) is 18.5 Å². The van der Waals surface area contributed by atoms with Crippen LogP contribution in [0.25, 0.3) is 11.1 Å². The van der Waals surface area contributed by atoms with Crippen LogP contribution in [-0.2, 0) is 34.7 Å². The van der Waals surface area contributed by atoms with Gasteiger partial charge in [0.2, 0.25) is 15.9 Å². The Hall–Kier alpha value is -3.69. The number of hydrogen-bond donors (Lipinski definition) is 2. The van der Waals surface area contributed by atoms with Crippen LogP contribution < -0.4 is 15.8 Å². The molecule has 0 fully saturated rings. The van der Waals surface area contributed by atoms with E-state index in [0.717, 1.165) is 16.7 Å². The van der Waals surface area contributed by atoms with Gasteiger partial charge in [0.1, 0.15) is 6.04 Å². The van der Waals surface area contributed by atoms with Gasteiger partial charge in [-0.2, -0.15) is 4.72 Å². The summed E-state index contributed by atoms with van der Waals surface area (Å²) in [5.74, 6) is -1.01. The van der Waals surface area contributed by atoms with Crippen molar-refractivity contribution in [1.29, 1.82) is 0 Å². The minimum atomic E-state index is -4.08. The van der Waals surface area contributed by atoms with E-state index >= 15 is 0 Å². The number of carbonyl (C=O) groups is 1. The topological polar surface area (TPSA) is 110 Å². The first-order valence-electron chi connectivity index (χ1n) is 11.2. The monoisotopic (exact) mass is 493 g/mol. The van der Waals surface area contributed by atoms with Crippen LogP contribution in [0.15, 0.2) is 86.9 Å². The van der Waals surface area contributed by atoms with Crippen molar-refractivity contribution in [2.75, 3.05) is 6.54 Å². The summed E-state index contributed by atoms with van der Waals surface area (Å²) in [5.41, 5.74) is 3.68. The molecule has 4 aromatic rings. The third-order valence-corrected chi connectivity index (χ3v) is 7.27. The van der Waals surface area contributed by atoms with Crippen molar-refractivity contribution in [2.45, 2.75) is 30.7 Å². The lowest BCUT2D eigenvalue weighted by molar-refractivity contribution is -0.122. The van der Waals surface area contributed by atoms with Crippen LogP contribution in [0.4, 0.5) is 0 Å². The molecule has 4 rings (SSSR count). The Morgan fingerprint density at radius 2 is 1.71 bits per heavy atom. The summed E-state index contributed by atoms with van der Waals surface area (Å²) < 4.78 is 35.3. The largest absolute Gasteiger partial charge is 0.419 e. The van der Waals surface area contributed by atoms with Crippen molar-refractivity contribution in [3.05, 3.63) is 100 Å². The first-order chi connectivity index (χ1) is 16.7. The van der Waals surface area contributed by atoms with Crippen LogP contribution in [-0.4, -0.2) is 31.5 Å². The fourth-order valence-corrected chi connectivity index (χ4v) is 4.99. The molecule has 182 valence electrons. The minimum absolute atomic E-state index is 0.0927. The van der Waals surface area contributed by atoms with E-state index in [4.69, 9.17) is 4.42 Å². The van der Waals surface area contributed by atoms with Gasteiger partial charge in [0, 0.05) is 19.7 Å². The first kappa shape index (κ1) is 24.4. The van der Waals surface area contributed by atoms with Crippen molar-refractivity contribution in [3.63, 3.8) is 0 Å². The zero-order valence-corrected chi connectivity index (χ0v) is 20.3. The van der Waals surface area contributed by atoms with E-state index in [9.17, 15) is 18.0 Å². The van der Waals surface area contributed by atoms with E-state index in [-0.39, 0.29) is 16.9 Å². The molecule has 0 aliphatic heterocycles. The standard InChI is InChI=1S/C26H27N3O5S/c1-18-8-10-19(11-9-18)14-15-27-25(30)22(16-20-6-4-3-5-7-20)28-35(32,33)21-12-13-23-24(17-21)34-26(31)29(23)2/h3-13,17,22,28H,14-16H2,1-2H3,(H,27,30)/t22-/m1/s1. The molecule has 0 aliphatic rings. The summed E-state index contributed by atoms with van der Waals surface area (Å²) >= 11 is 0. The second-order valence-corrected chi connectivity index (χ2v) is 10.2. The number of hydrogen-bond acceptors (Lipinski definition) is 5. The van der Waals surface area contributed by atoms with E-state index < -0.39 is 27.7 Å². The number of fused-ring (bicyclic) bond motifs is 1. The summed E-state index contributed by atoms with van der Waals surface area (Å²) in [6.07, 6.45) is 0.805. The fraction of sp³-hybridized carbons (Fsp3) is 0.231. The summed E-state index contributed by atoms with van der Waals surface area (Å²) in [5, 5.41) is 2.85. The number of amides is 1. The summed E-state index contributed by atoms with van der Waals surface area (Å²) in [4.78, 5) is 24.7. The van der Waals surface area contributed by atoms with Crippen LogP contribution in [0.1, 0.15) is 16.7 Å². The number of sulfonamides is 1. The molecule has 0 unspecified atom stereocenters. The molecule has 1 heterocycles. The second kappa shape index (κ2) is 10.3. The molecule has 1 aromatic heterocycles. The molecule has 3 aromatic carbocycles. The molecule has 0 saturated carbocycles. The molecule has 0 radical (unpaired) electrons. The molecule has 0 saturated heterocycles. The Bertz CT molecular complexity index is 1490. The maximum atomic E-state index is 13.2. The molecule has 1 amide bonds. The normalized spacial score (nSPS) is 12.5. The third kappa shape index (κ3) is 5.87. The summed E-state index contributed by atoms with van der Waals surface area (Å²) in [6, 6.07) is 20.4. The van der Waals surface area contributed by atoms with Crippen LogP contribution in [0.3, 0.4) is 0 Å². The Morgan fingerprint density at radius 1 is 1.00 bits per heavy atom. The fourth-order valence-electron chi connectivity index (χ4n) is 3.78. The lowest BCUT2D eigenvalue weighted by Crippen LogP contribution is -2.48. The maximum absolute atomic E-state index is 13.2. The number of oxazole rings is 1. The Morgan fingerprint density at radius 3 is 2.43 bits per heavy atom. The molecule has 8 nitrogen and oxygen atoms in total. The number of nitrogens with zero attached hydrogens (tertiary/aromatic N) is 1. The van der Waals surface area contributed by atoms with Crippen LogP contribution >= 0.6 is 0 Å². The number of aromatic nitrogens is 1. The second-order valence-electron chi connectivity index (χ2n) is 8.45. The maximum Gasteiger partial charge on any atom is 0.419 e. The number of benzene rings is 3. The number of carbonyl (C=O) groups excluding carboxylic acids is 1. The van der Waals surface area contributed by atoms with Gasteiger partial charge < -0.3 is 9.73 Å². The lowest BCUT2D eigenvalue weighted by atomic mass is 10.1. The van der Waals surface area contributed by atoms with Gasteiger partial charge in [0.25, 0.3) is 0 Å². The zero-order chi connectivity index (χ0) is 25.0. The van der Waals surface area contributed by atoms with E-state index in [1.807, 2.05) is 61.5 Å². The zero-order valence-electron chi connectivity index (χ0n) is 19.5. The highest BCUT2D eigenvalue weighted by molar-refractivity contribution is 7.89. The van der Waals surface area contributed by atoms with Crippen molar-refractivity contribution in [3.8, 4) is 0 Å². The SMILES string of the molecule is Cc1ccc(CCNC(=O)[C@@H](Cc2ccccc2)NS(=O)(=O)c2ccc3c(c2)oc(=O)n3C)cc1. The average Bonchev–Trinajstić information content (AvgIpc) is 3.13. The summed E-state index contributed by atoms with van der Waals surface area (Å²) in [7, 11) is -2.54. The van der Waals surface area contributed by atoms with Gasteiger partial charge in [-0.15, -0.1) is 0 Å². The average molecular weight is 494 g/mol. The van der Waals surface area contributed by atoms with E-state index in [1.54, 1.807) is 0 Å². The van der Waals surface area contributed by atoms with Crippen LogP contribution in [0, 0.1) is 6.92 Å². The van der Waals surface area contributed by atoms with Crippen molar-refractivity contribution < 1.29 is 17.6 Å². The Kier molecular flexibility index (Phi) is 7.18. The molecule has 0 spiro atoms. The van der Waals surface area contributed by atoms with Gasteiger partial charge in [-0.3, -0.25) is 9.36 Å². The minimum Gasteiger partial charge on any atom is -0.408 e. The van der Waals surface area contributed by atoms with Gasteiger partial charge >= 0.3 is 5.76 Å². The highest BCUT2D eigenvalue weighted by Crippen LogP contribution is 2.19. The van der Waals surface area contributed by atoms with Gasteiger partial charge in [0.05, 0.1) is 10.4 Å². The van der Waals surface area contributed by atoms with Gasteiger partial charge in [0.15, 0.2) is 5.58 Å². The Labute approximate surface area is 203 Å². The molecule has 35 heavy (non-hydrogen) atoms. The van der Waals surface area contributed by atoms with Crippen molar-refractivity contribution >= 4 is 27.0 Å². The van der Waals surface area contributed by atoms with Crippen LogP contribution in [0.5, 0.6) is 0 Å². The van der Waals surface area contributed by atoms with Crippen molar-refractivity contribution in [1.82, 2.24) is 14.6 Å². The van der Waals surface area contributed by atoms with E-state index in [2.05, 4.69) is 10.0 Å². The molecule has 0 bridgehead atoms. The first-order valence-corrected chi connectivity index (χ1v) is 12.7. The summed E-state index contributed by atoms with van der Waals surface area (Å²) in [6.45, 7) is 2.38. The van der Waals surface area contributed by atoms with Gasteiger partial charge in [-0.05, 0) is 43.0 Å².